The third-order valence-corrected chi connectivity index (χ3v) is 5.08. The summed E-state index contributed by atoms with van der Waals surface area (Å²) in [5, 5.41) is 10.9. The molecule has 2 rings (SSSR count). The first-order valence-electron chi connectivity index (χ1n) is 6.24. The molecule has 8 heteroatoms. The van der Waals surface area contributed by atoms with Crippen molar-refractivity contribution in [1.82, 2.24) is 19.8 Å². The van der Waals surface area contributed by atoms with Crippen molar-refractivity contribution in [2.45, 2.75) is 24.4 Å². The van der Waals surface area contributed by atoms with Crippen LogP contribution >= 0.6 is 11.3 Å². The van der Waals surface area contributed by atoms with E-state index in [9.17, 15) is 8.42 Å². The molecule has 0 aliphatic rings. The summed E-state index contributed by atoms with van der Waals surface area (Å²) >= 11 is 1.54. The topological polar surface area (TPSA) is 76.0 Å². The molecule has 0 bridgehead atoms. The number of thiophene rings is 1. The van der Waals surface area contributed by atoms with Gasteiger partial charge in [-0.05, 0) is 36.4 Å². The predicted octanol–water partition coefficient (Wildman–Crippen LogP) is 1.20. The molecule has 0 saturated heterocycles. The fourth-order valence-electron chi connectivity index (χ4n) is 1.72. The van der Waals surface area contributed by atoms with E-state index in [0.29, 0.717) is 6.54 Å². The Hall–Kier alpha value is -1.22. The van der Waals surface area contributed by atoms with E-state index in [1.807, 2.05) is 30.8 Å². The molecule has 0 aromatic carbocycles. The quantitative estimate of drug-likeness (QED) is 0.805. The van der Waals surface area contributed by atoms with E-state index in [-0.39, 0.29) is 10.9 Å². The van der Waals surface area contributed by atoms with Crippen LogP contribution in [0.1, 0.15) is 18.5 Å². The highest BCUT2D eigenvalue weighted by molar-refractivity contribution is 7.89. The number of aromatic nitrogens is 2. The van der Waals surface area contributed by atoms with Gasteiger partial charge in [-0.2, -0.15) is 16.4 Å². The standard InChI is InChI=1S/C12H18N4O2S2/c1-10(11-3-6-19-9-11)15-20(17,18)12-7-14-16(8-12)5-4-13-2/h3,6-10,13,15H,4-5H2,1-2H3. The summed E-state index contributed by atoms with van der Waals surface area (Å²) in [4.78, 5) is 0.190. The van der Waals surface area contributed by atoms with E-state index in [2.05, 4.69) is 15.1 Å². The second kappa shape index (κ2) is 6.49. The molecule has 20 heavy (non-hydrogen) atoms. The Morgan fingerprint density at radius 3 is 2.95 bits per heavy atom. The summed E-state index contributed by atoms with van der Waals surface area (Å²) in [5.74, 6) is 0. The summed E-state index contributed by atoms with van der Waals surface area (Å²) in [6.07, 6.45) is 2.92. The van der Waals surface area contributed by atoms with Crippen molar-refractivity contribution in [2.24, 2.45) is 0 Å². The van der Waals surface area contributed by atoms with Gasteiger partial charge < -0.3 is 5.32 Å². The third-order valence-electron chi connectivity index (χ3n) is 2.89. The van der Waals surface area contributed by atoms with Crippen LogP contribution in [0.25, 0.3) is 0 Å². The van der Waals surface area contributed by atoms with E-state index in [1.54, 1.807) is 22.2 Å². The molecule has 1 atom stereocenters. The van der Waals surface area contributed by atoms with Crippen molar-refractivity contribution in [2.75, 3.05) is 13.6 Å². The highest BCUT2D eigenvalue weighted by Gasteiger charge is 2.20. The van der Waals surface area contributed by atoms with Crippen LogP contribution in [0.15, 0.2) is 34.1 Å². The lowest BCUT2D eigenvalue weighted by atomic mass is 10.2. The van der Waals surface area contributed by atoms with Gasteiger partial charge in [-0.15, -0.1) is 0 Å². The van der Waals surface area contributed by atoms with E-state index in [4.69, 9.17) is 0 Å². The van der Waals surface area contributed by atoms with Crippen molar-refractivity contribution >= 4 is 21.4 Å². The molecule has 0 spiro atoms. The molecule has 0 saturated carbocycles. The van der Waals surface area contributed by atoms with Gasteiger partial charge in [0.05, 0.1) is 12.7 Å². The van der Waals surface area contributed by atoms with Crippen molar-refractivity contribution in [1.29, 1.82) is 0 Å². The second-order valence-corrected chi connectivity index (χ2v) is 6.94. The lowest BCUT2D eigenvalue weighted by molar-refractivity contribution is 0.565. The fraction of sp³-hybridized carbons (Fsp3) is 0.417. The summed E-state index contributed by atoms with van der Waals surface area (Å²) in [6, 6.07) is 1.65. The Balaban J connectivity index is 2.08. The van der Waals surface area contributed by atoms with Crippen LogP contribution in [-0.4, -0.2) is 31.8 Å². The first kappa shape index (κ1) is 15.2. The van der Waals surface area contributed by atoms with Crippen LogP contribution in [0.3, 0.4) is 0 Å². The van der Waals surface area contributed by atoms with Crippen LogP contribution < -0.4 is 10.0 Å². The summed E-state index contributed by atoms with van der Waals surface area (Å²) in [7, 11) is -1.70. The SMILES string of the molecule is CNCCn1cc(S(=O)(=O)NC(C)c2ccsc2)cn1. The van der Waals surface area contributed by atoms with Gasteiger partial charge in [0.2, 0.25) is 10.0 Å². The maximum atomic E-state index is 12.2. The molecular weight excluding hydrogens is 296 g/mol. The zero-order valence-electron chi connectivity index (χ0n) is 11.4. The lowest BCUT2D eigenvalue weighted by Crippen LogP contribution is -2.26. The monoisotopic (exact) mass is 314 g/mol. The highest BCUT2D eigenvalue weighted by Crippen LogP contribution is 2.18. The largest absolute Gasteiger partial charge is 0.318 e. The molecule has 0 radical (unpaired) electrons. The molecule has 110 valence electrons. The second-order valence-electron chi connectivity index (χ2n) is 4.44. The first-order valence-corrected chi connectivity index (χ1v) is 8.67. The Morgan fingerprint density at radius 2 is 2.30 bits per heavy atom. The van der Waals surface area contributed by atoms with Crippen molar-refractivity contribution in [3.05, 3.63) is 34.8 Å². The molecule has 0 fully saturated rings. The van der Waals surface area contributed by atoms with Crippen LogP contribution in [0.5, 0.6) is 0 Å². The number of nitrogens with zero attached hydrogens (tertiary/aromatic N) is 2. The minimum absolute atomic E-state index is 0.190. The van der Waals surface area contributed by atoms with Crippen LogP contribution in [0.4, 0.5) is 0 Å². The zero-order valence-corrected chi connectivity index (χ0v) is 13.0. The number of rotatable bonds is 7. The molecule has 2 aromatic rings. The van der Waals surface area contributed by atoms with Gasteiger partial charge in [0, 0.05) is 18.8 Å². The predicted molar refractivity (Wildman–Crippen MR) is 79.2 cm³/mol. The van der Waals surface area contributed by atoms with Gasteiger partial charge in [0.15, 0.2) is 0 Å². The maximum absolute atomic E-state index is 12.2. The Kier molecular flexibility index (Phi) is 4.92. The van der Waals surface area contributed by atoms with E-state index in [0.717, 1.165) is 12.1 Å². The third kappa shape index (κ3) is 3.66. The van der Waals surface area contributed by atoms with Gasteiger partial charge in [-0.1, -0.05) is 0 Å². The highest BCUT2D eigenvalue weighted by atomic mass is 32.2. The van der Waals surface area contributed by atoms with Gasteiger partial charge in [-0.3, -0.25) is 4.68 Å². The molecule has 6 nitrogen and oxygen atoms in total. The van der Waals surface area contributed by atoms with Gasteiger partial charge in [0.25, 0.3) is 0 Å². The van der Waals surface area contributed by atoms with Gasteiger partial charge in [-0.25, -0.2) is 13.1 Å². The smallest absolute Gasteiger partial charge is 0.244 e. The van der Waals surface area contributed by atoms with E-state index < -0.39 is 10.0 Å². The molecule has 2 aromatic heterocycles. The number of nitrogens with one attached hydrogen (secondary N) is 2. The number of sulfonamides is 1. The summed E-state index contributed by atoms with van der Waals surface area (Å²) < 4.78 is 28.8. The Labute approximate surface area is 122 Å². The summed E-state index contributed by atoms with van der Waals surface area (Å²) in [6.45, 7) is 3.19. The number of hydrogen-bond acceptors (Lipinski definition) is 5. The first-order chi connectivity index (χ1) is 9.53. The van der Waals surface area contributed by atoms with Crippen molar-refractivity contribution in [3.8, 4) is 0 Å². The van der Waals surface area contributed by atoms with Crippen LogP contribution in [0.2, 0.25) is 0 Å². The molecule has 2 heterocycles. The van der Waals surface area contributed by atoms with Gasteiger partial charge >= 0.3 is 0 Å². The van der Waals surface area contributed by atoms with Gasteiger partial charge in [0.1, 0.15) is 4.90 Å². The Bertz CT molecular complexity index is 634. The minimum Gasteiger partial charge on any atom is -0.318 e. The normalized spacial score (nSPS) is 13.5. The molecular formula is C12H18N4O2S2. The molecule has 0 amide bonds. The average Bonchev–Trinajstić information content (AvgIpc) is 3.07. The van der Waals surface area contributed by atoms with Crippen molar-refractivity contribution in [3.63, 3.8) is 0 Å². The number of likely N-dealkylation sites (N-methyl/N-ethyl adjacent to an activating group) is 1. The Morgan fingerprint density at radius 1 is 1.50 bits per heavy atom. The maximum Gasteiger partial charge on any atom is 0.244 e. The average molecular weight is 314 g/mol. The van der Waals surface area contributed by atoms with E-state index in [1.165, 1.54) is 6.20 Å². The molecule has 0 aliphatic heterocycles. The lowest BCUT2D eigenvalue weighted by Gasteiger charge is -2.11. The molecule has 0 aliphatic carbocycles. The zero-order chi connectivity index (χ0) is 14.6. The molecule has 1 unspecified atom stereocenters. The molecule has 2 N–H and O–H groups in total. The fourth-order valence-corrected chi connectivity index (χ4v) is 3.66. The van der Waals surface area contributed by atoms with E-state index >= 15 is 0 Å². The summed E-state index contributed by atoms with van der Waals surface area (Å²) in [5.41, 5.74) is 0.959. The van der Waals surface area contributed by atoms with Crippen molar-refractivity contribution < 1.29 is 8.42 Å². The van der Waals surface area contributed by atoms with Crippen LogP contribution in [0, 0.1) is 0 Å². The minimum atomic E-state index is -3.54. The van der Waals surface area contributed by atoms with Crippen LogP contribution in [-0.2, 0) is 16.6 Å². The number of hydrogen-bond donors (Lipinski definition) is 2.